The van der Waals surface area contributed by atoms with Gasteiger partial charge in [0.1, 0.15) is 0 Å². The lowest BCUT2D eigenvalue weighted by molar-refractivity contribution is 0.0747. The number of thioether (sulfide) groups is 1. The summed E-state index contributed by atoms with van der Waals surface area (Å²) in [5.41, 5.74) is 0.455. The van der Waals surface area contributed by atoms with Gasteiger partial charge in [-0.2, -0.15) is 11.8 Å². The van der Waals surface area contributed by atoms with Crippen molar-refractivity contribution in [3.63, 3.8) is 0 Å². The van der Waals surface area contributed by atoms with E-state index in [-0.39, 0.29) is 11.1 Å². The minimum atomic E-state index is -0.0544. The Morgan fingerprint density at radius 3 is 3.07 bits per heavy atom. The summed E-state index contributed by atoms with van der Waals surface area (Å²) >= 11 is 7.65. The van der Waals surface area contributed by atoms with Crippen molar-refractivity contribution in [1.82, 2.24) is 4.90 Å². The largest absolute Gasteiger partial charge is 0.452 e. The molecule has 1 fully saturated rings. The molecule has 0 aromatic carbocycles. The maximum atomic E-state index is 12.0. The van der Waals surface area contributed by atoms with Crippen molar-refractivity contribution in [3.8, 4) is 0 Å². The van der Waals surface area contributed by atoms with E-state index >= 15 is 0 Å². The standard InChI is InChI=1S/C10H12ClNO2S/c1-12(7-3-5-15-6-7)10(13)8-2-4-14-9(8)11/h2,4,7H,3,5-6H2,1H3. The molecule has 1 atom stereocenters. The van der Waals surface area contributed by atoms with Crippen LogP contribution in [-0.4, -0.2) is 35.4 Å². The minimum absolute atomic E-state index is 0.0544. The molecule has 1 aromatic heterocycles. The third kappa shape index (κ3) is 2.16. The van der Waals surface area contributed by atoms with Gasteiger partial charge in [0.05, 0.1) is 11.8 Å². The van der Waals surface area contributed by atoms with Crippen LogP contribution in [0.15, 0.2) is 16.7 Å². The van der Waals surface area contributed by atoms with Gasteiger partial charge in [-0.05, 0) is 29.8 Å². The Morgan fingerprint density at radius 1 is 1.73 bits per heavy atom. The molecule has 82 valence electrons. The number of amides is 1. The normalized spacial score (nSPS) is 20.5. The molecule has 1 aromatic rings. The average Bonchev–Trinajstić information content (AvgIpc) is 2.85. The van der Waals surface area contributed by atoms with Crippen molar-refractivity contribution in [2.24, 2.45) is 0 Å². The number of rotatable bonds is 2. The highest BCUT2D eigenvalue weighted by molar-refractivity contribution is 7.99. The van der Waals surface area contributed by atoms with Gasteiger partial charge in [-0.3, -0.25) is 4.79 Å². The van der Waals surface area contributed by atoms with E-state index in [1.807, 2.05) is 18.8 Å². The highest BCUT2D eigenvalue weighted by Gasteiger charge is 2.26. The molecule has 0 aliphatic carbocycles. The molecule has 1 aliphatic heterocycles. The lowest BCUT2D eigenvalue weighted by Crippen LogP contribution is -2.36. The molecule has 0 radical (unpaired) electrons. The quantitative estimate of drug-likeness (QED) is 0.803. The lowest BCUT2D eigenvalue weighted by atomic mass is 10.2. The Bertz CT molecular complexity index is 360. The molecule has 1 aliphatic rings. The molecule has 15 heavy (non-hydrogen) atoms. The number of halogens is 1. The molecule has 3 nitrogen and oxygen atoms in total. The van der Waals surface area contributed by atoms with Crippen molar-refractivity contribution in [2.75, 3.05) is 18.6 Å². The third-order valence-electron chi connectivity index (χ3n) is 2.62. The maximum absolute atomic E-state index is 12.0. The van der Waals surface area contributed by atoms with Crippen LogP contribution in [0.1, 0.15) is 16.8 Å². The van der Waals surface area contributed by atoms with Crippen molar-refractivity contribution in [1.29, 1.82) is 0 Å². The van der Waals surface area contributed by atoms with Crippen LogP contribution in [0.3, 0.4) is 0 Å². The van der Waals surface area contributed by atoms with Crippen LogP contribution < -0.4 is 0 Å². The second kappa shape index (κ2) is 4.49. The van der Waals surface area contributed by atoms with E-state index in [0.717, 1.165) is 17.9 Å². The first-order valence-electron chi connectivity index (χ1n) is 4.78. The molecular weight excluding hydrogens is 234 g/mol. The Labute approximate surface area is 97.8 Å². The first-order valence-corrected chi connectivity index (χ1v) is 6.31. The summed E-state index contributed by atoms with van der Waals surface area (Å²) in [6, 6.07) is 1.94. The van der Waals surface area contributed by atoms with Gasteiger partial charge in [-0.25, -0.2) is 0 Å². The maximum Gasteiger partial charge on any atom is 0.258 e. The highest BCUT2D eigenvalue weighted by atomic mass is 35.5. The molecule has 2 heterocycles. The number of furan rings is 1. The van der Waals surface area contributed by atoms with E-state index in [1.54, 1.807) is 11.0 Å². The molecule has 1 amide bonds. The summed E-state index contributed by atoms with van der Waals surface area (Å²) < 4.78 is 4.91. The van der Waals surface area contributed by atoms with Gasteiger partial charge in [0.2, 0.25) is 5.22 Å². The van der Waals surface area contributed by atoms with E-state index in [0.29, 0.717) is 11.6 Å². The van der Waals surface area contributed by atoms with E-state index in [1.165, 1.54) is 6.26 Å². The SMILES string of the molecule is CN(C(=O)c1ccoc1Cl)C1CCSC1. The van der Waals surface area contributed by atoms with Gasteiger partial charge in [-0.1, -0.05) is 0 Å². The van der Waals surface area contributed by atoms with E-state index < -0.39 is 0 Å². The van der Waals surface area contributed by atoms with Crippen molar-refractivity contribution < 1.29 is 9.21 Å². The number of carbonyl (C=O) groups is 1. The Kier molecular flexibility index (Phi) is 3.26. The molecular formula is C10H12ClNO2S. The summed E-state index contributed by atoms with van der Waals surface area (Å²) in [5.74, 6) is 2.08. The molecule has 1 unspecified atom stereocenters. The molecule has 5 heteroatoms. The first-order chi connectivity index (χ1) is 7.20. The third-order valence-corrected chi connectivity index (χ3v) is 4.06. The van der Waals surface area contributed by atoms with E-state index in [2.05, 4.69) is 0 Å². The Hall–Kier alpha value is -0.610. The number of hydrogen-bond acceptors (Lipinski definition) is 3. The van der Waals surface area contributed by atoms with Crippen LogP contribution in [0.5, 0.6) is 0 Å². The van der Waals surface area contributed by atoms with Gasteiger partial charge in [0.25, 0.3) is 5.91 Å². The molecule has 1 saturated heterocycles. The molecule has 2 rings (SSSR count). The number of nitrogens with zero attached hydrogens (tertiary/aromatic N) is 1. The van der Waals surface area contributed by atoms with Crippen LogP contribution in [0.4, 0.5) is 0 Å². The zero-order valence-corrected chi connectivity index (χ0v) is 9.98. The van der Waals surface area contributed by atoms with Gasteiger partial charge < -0.3 is 9.32 Å². The van der Waals surface area contributed by atoms with Crippen molar-refractivity contribution >= 4 is 29.3 Å². The monoisotopic (exact) mass is 245 g/mol. The number of hydrogen-bond donors (Lipinski definition) is 0. The average molecular weight is 246 g/mol. The number of carbonyl (C=O) groups excluding carboxylic acids is 1. The van der Waals surface area contributed by atoms with Crippen molar-refractivity contribution in [2.45, 2.75) is 12.5 Å². The predicted octanol–water partition coefficient (Wildman–Crippen LogP) is 2.51. The summed E-state index contributed by atoms with van der Waals surface area (Å²) in [4.78, 5) is 13.7. The Morgan fingerprint density at radius 2 is 2.53 bits per heavy atom. The lowest BCUT2D eigenvalue weighted by Gasteiger charge is -2.23. The highest BCUT2D eigenvalue weighted by Crippen LogP contribution is 2.24. The smallest absolute Gasteiger partial charge is 0.258 e. The van der Waals surface area contributed by atoms with Crippen molar-refractivity contribution in [3.05, 3.63) is 23.1 Å². The van der Waals surface area contributed by atoms with Crippen LogP contribution in [0.2, 0.25) is 5.22 Å². The minimum Gasteiger partial charge on any atom is -0.452 e. The molecule has 0 bridgehead atoms. The fourth-order valence-corrected chi connectivity index (χ4v) is 3.09. The van der Waals surface area contributed by atoms with E-state index in [4.69, 9.17) is 16.0 Å². The molecule has 0 N–H and O–H groups in total. The second-order valence-electron chi connectivity index (χ2n) is 3.54. The molecule has 0 saturated carbocycles. The zero-order chi connectivity index (χ0) is 10.8. The second-order valence-corrected chi connectivity index (χ2v) is 5.03. The zero-order valence-electron chi connectivity index (χ0n) is 8.40. The van der Waals surface area contributed by atoms with Gasteiger partial charge in [0.15, 0.2) is 0 Å². The van der Waals surface area contributed by atoms with Gasteiger partial charge in [-0.15, -0.1) is 0 Å². The topological polar surface area (TPSA) is 33.5 Å². The summed E-state index contributed by atoms with van der Waals surface area (Å²) in [7, 11) is 1.82. The first kappa shape index (κ1) is 10.9. The summed E-state index contributed by atoms with van der Waals surface area (Å²) in [5, 5.41) is 0.178. The van der Waals surface area contributed by atoms with Crippen LogP contribution in [0, 0.1) is 0 Å². The summed E-state index contributed by atoms with van der Waals surface area (Å²) in [6.45, 7) is 0. The van der Waals surface area contributed by atoms with Crippen LogP contribution in [-0.2, 0) is 0 Å². The van der Waals surface area contributed by atoms with Crippen LogP contribution in [0.25, 0.3) is 0 Å². The molecule has 0 spiro atoms. The Balaban J connectivity index is 2.10. The van der Waals surface area contributed by atoms with E-state index in [9.17, 15) is 4.79 Å². The fraction of sp³-hybridized carbons (Fsp3) is 0.500. The predicted molar refractivity (Wildman–Crippen MR) is 61.5 cm³/mol. The fourth-order valence-electron chi connectivity index (χ4n) is 1.63. The van der Waals surface area contributed by atoms with Gasteiger partial charge in [0, 0.05) is 18.8 Å². The van der Waals surface area contributed by atoms with Crippen LogP contribution >= 0.6 is 23.4 Å². The summed E-state index contributed by atoms with van der Waals surface area (Å²) in [6.07, 6.45) is 2.50. The van der Waals surface area contributed by atoms with Gasteiger partial charge >= 0.3 is 0 Å².